The molecule has 3 aromatic rings. The molecule has 0 aliphatic carbocycles. The highest BCUT2D eigenvalue weighted by Crippen LogP contribution is 2.40. The fraction of sp³-hybridized carbons (Fsp3) is 0.250. The van der Waals surface area contributed by atoms with Crippen LogP contribution in [0.2, 0.25) is 5.02 Å². The predicted octanol–water partition coefficient (Wildman–Crippen LogP) is 3.87. The summed E-state index contributed by atoms with van der Waals surface area (Å²) < 4.78 is 36.4. The Labute approximate surface area is 149 Å². The van der Waals surface area contributed by atoms with E-state index in [0.29, 0.717) is 22.6 Å². The molecule has 0 spiro atoms. The molecule has 0 bridgehead atoms. The monoisotopic (exact) mass is 379 g/mol. The van der Waals surface area contributed by atoms with E-state index in [-0.39, 0.29) is 10.9 Å². The number of nitrogens with zero attached hydrogens (tertiary/aromatic N) is 3. The molecule has 0 amide bonds. The summed E-state index contributed by atoms with van der Waals surface area (Å²) in [7, 11) is -3.67. The Bertz CT molecular complexity index is 1000. The maximum Gasteiger partial charge on any atom is 0.245 e. The first kappa shape index (κ1) is 16.0. The van der Waals surface area contributed by atoms with E-state index in [4.69, 9.17) is 11.6 Å². The van der Waals surface area contributed by atoms with Gasteiger partial charge in [0, 0.05) is 11.6 Å². The first-order valence-corrected chi connectivity index (χ1v) is 10.1. The highest BCUT2D eigenvalue weighted by atomic mass is 35.5. The number of hydrogen-bond donors (Lipinski definition) is 0. The molecule has 2 heterocycles. The summed E-state index contributed by atoms with van der Waals surface area (Å²) in [5.74, 6) is 0. The van der Waals surface area contributed by atoms with Crippen molar-refractivity contribution in [2.75, 3.05) is 6.54 Å². The standard InChI is InChI=1S/C16H14ClN3O2S2/c17-12-6-2-1-5-11(12)14-8-4-10-20(14)24(21,22)15-9-3-7-13-16(15)19-23-18-13/h1-3,5-7,9,14H,4,8,10H2/t14-/m1/s1. The van der Waals surface area contributed by atoms with Crippen molar-refractivity contribution in [3.8, 4) is 0 Å². The molecule has 124 valence electrons. The fourth-order valence-electron chi connectivity index (χ4n) is 3.20. The lowest BCUT2D eigenvalue weighted by Crippen LogP contribution is -2.31. The minimum Gasteiger partial charge on any atom is -0.207 e. The minimum atomic E-state index is -3.67. The zero-order valence-corrected chi connectivity index (χ0v) is 15.0. The minimum absolute atomic E-state index is 0.215. The van der Waals surface area contributed by atoms with Gasteiger partial charge < -0.3 is 0 Å². The van der Waals surface area contributed by atoms with Gasteiger partial charge in [0.15, 0.2) is 0 Å². The number of fused-ring (bicyclic) bond motifs is 1. The third-order valence-electron chi connectivity index (χ3n) is 4.30. The summed E-state index contributed by atoms with van der Waals surface area (Å²) in [4.78, 5) is 0.215. The van der Waals surface area contributed by atoms with Gasteiger partial charge in [-0.05, 0) is 36.6 Å². The Hall–Kier alpha value is -1.54. The lowest BCUT2D eigenvalue weighted by atomic mass is 10.1. The van der Waals surface area contributed by atoms with E-state index in [2.05, 4.69) is 8.75 Å². The van der Waals surface area contributed by atoms with Gasteiger partial charge in [-0.1, -0.05) is 35.9 Å². The normalized spacial score (nSPS) is 19.1. The molecular weight excluding hydrogens is 366 g/mol. The van der Waals surface area contributed by atoms with E-state index in [1.807, 2.05) is 18.2 Å². The van der Waals surface area contributed by atoms with Gasteiger partial charge in [-0.3, -0.25) is 0 Å². The van der Waals surface area contributed by atoms with Crippen LogP contribution in [0.5, 0.6) is 0 Å². The van der Waals surface area contributed by atoms with Crippen LogP contribution >= 0.6 is 23.3 Å². The zero-order valence-electron chi connectivity index (χ0n) is 12.6. The fourth-order valence-corrected chi connectivity index (χ4v) is 5.89. The lowest BCUT2D eigenvalue weighted by molar-refractivity contribution is 0.397. The van der Waals surface area contributed by atoms with Gasteiger partial charge in [-0.2, -0.15) is 13.1 Å². The molecule has 1 aromatic heterocycles. The lowest BCUT2D eigenvalue weighted by Gasteiger charge is -2.25. The van der Waals surface area contributed by atoms with E-state index in [1.54, 1.807) is 28.6 Å². The van der Waals surface area contributed by atoms with Crippen LogP contribution < -0.4 is 0 Å². The molecule has 2 aromatic carbocycles. The SMILES string of the molecule is O=S(=O)(c1cccc2nsnc12)N1CCC[C@@H]1c1ccccc1Cl. The molecule has 0 saturated carbocycles. The van der Waals surface area contributed by atoms with Gasteiger partial charge in [-0.25, -0.2) is 8.42 Å². The highest BCUT2D eigenvalue weighted by Gasteiger charge is 2.38. The van der Waals surface area contributed by atoms with Crippen LogP contribution in [0.4, 0.5) is 0 Å². The van der Waals surface area contributed by atoms with Crippen LogP contribution in [0, 0.1) is 0 Å². The van der Waals surface area contributed by atoms with Crippen LogP contribution in [0.15, 0.2) is 47.4 Å². The average molecular weight is 380 g/mol. The van der Waals surface area contributed by atoms with Crippen molar-refractivity contribution < 1.29 is 8.42 Å². The van der Waals surface area contributed by atoms with E-state index >= 15 is 0 Å². The number of aromatic nitrogens is 2. The van der Waals surface area contributed by atoms with Crippen LogP contribution in [-0.2, 0) is 10.0 Å². The summed E-state index contributed by atoms with van der Waals surface area (Å²) in [5, 5.41) is 0.595. The Morgan fingerprint density at radius 1 is 1.12 bits per heavy atom. The van der Waals surface area contributed by atoms with Crippen molar-refractivity contribution in [3.63, 3.8) is 0 Å². The number of sulfonamides is 1. The maximum atomic E-state index is 13.3. The van der Waals surface area contributed by atoms with E-state index < -0.39 is 10.0 Å². The second-order valence-electron chi connectivity index (χ2n) is 5.68. The summed E-state index contributed by atoms with van der Waals surface area (Å²) in [6.45, 7) is 0.478. The highest BCUT2D eigenvalue weighted by molar-refractivity contribution is 7.89. The van der Waals surface area contributed by atoms with Gasteiger partial charge in [0.25, 0.3) is 0 Å². The second-order valence-corrected chi connectivity index (χ2v) is 8.48. The largest absolute Gasteiger partial charge is 0.245 e. The molecule has 1 saturated heterocycles. The molecule has 1 fully saturated rings. The molecule has 0 N–H and O–H groups in total. The van der Waals surface area contributed by atoms with E-state index in [0.717, 1.165) is 30.1 Å². The summed E-state index contributed by atoms with van der Waals surface area (Å²) >= 11 is 7.32. The van der Waals surface area contributed by atoms with Crippen LogP contribution in [-0.4, -0.2) is 28.0 Å². The first-order valence-electron chi connectivity index (χ1n) is 7.56. The van der Waals surface area contributed by atoms with E-state index in [9.17, 15) is 8.42 Å². The zero-order chi connectivity index (χ0) is 16.7. The molecule has 24 heavy (non-hydrogen) atoms. The predicted molar refractivity (Wildman–Crippen MR) is 94.7 cm³/mol. The Morgan fingerprint density at radius 2 is 1.96 bits per heavy atom. The molecule has 1 aliphatic heterocycles. The van der Waals surface area contributed by atoms with Crippen molar-refractivity contribution in [1.29, 1.82) is 0 Å². The van der Waals surface area contributed by atoms with Crippen LogP contribution in [0.25, 0.3) is 11.0 Å². The second kappa shape index (κ2) is 6.07. The van der Waals surface area contributed by atoms with Crippen molar-refractivity contribution >= 4 is 44.4 Å². The van der Waals surface area contributed by atoms with E-state index in [1.165, 1.54) is 0 Å². The van der Waals surface area contributed by atoms with Gasteiger partial charge in [-0.15, -0.1) is 0 Å². The summed E-state index contributed by atoms with van der Waals surface area (Å²) in [5.41, 5.74) is 1.89. The molecule has 4 rings (SSSR count). The number of hydrogen-bond acceptors (Lipinski definition) is 5. The van der Waals surface area contributed by atoms with Gasteiger partial charge in [0.1, 0.15) is 15.9 Å². The van der Waals surface area contributed by atoms with Crippen molar-refractivity contribution in [2.24, 2.45) is 0 Å². The van der Waals surface area contributed by atoms with Gasteiger partial charge >= 0.3 is 0 Å². The molecule has 5 nitrogen and oxygen atoms in total. The van der Waals surface area contributed by atoms with Crippen molar-refractivity contribution in [1.82, 2.24) is 13.1 Å². The molecule has 1 aliphatic rings. The third-order valence-corrected chi connectivity index (χ3v) is 7.13. The Morgan fingerprint density at radius 3 is 2.79 bits per heavy atom. The summed E-state index contributed by atoms with van der Waals surface area (Å²) in [6.07, 6.45) is 1.56. The molecule has 0 unspecified atom stereocenters. The molecule has 8 heteroatoms. The Kier molecular flexibility index (Phi) is 4.04. The average Bonchev–Trinajstić information content (AvgIpc) is 3.24. The topological polar surface area (TPSA) is 63.2 Å². The molecular formula is C16H14ClN3O2S2. The number of benzene rings is 2. The Balaban J connectivity index is 1.82. The van der Waals surface area contributed by atoms with Crippen molar-refractivity contribution in [2.45, 2.75) is 23.8 Å². The molecule has 1 atom stereocenters. The quantitative estimate of drug-likeness (QED) is 0.693. The maximum absolute atomic E-state index is 13.3. The van der Waals surface area contributed by atoms with Gasteiger partial charge in [0.2, 0.25) is 10.0 Å². The number of rotatable bonds is 3. The van der Waals surface area contributed by atoms with Gasteiger partial charge in [0.05, 0.1) is 17.8 Å². The smallest absolute Gasteiger partial charge is 0.207 e. The third kappa shape index (κ3) is 2.52. The van der Waals surface area contributed by atoms with Crippen LogP contribution in [0.1, 0.15) is 24.4 Å². The van der Waals surface area contributed by atoms with Crippen LogP contribution in [0.3, 0.4) is 0 Å². The number of halogens is 1. The molecule has 0 radical (unpaired) electrons. The first-order chi connectivity index (χ1) is 11.6. The summed E-state index contributed by atoms with van der Waals surface area (Å²) in [6, 6.07) is 12.3. The van der Waals surface area contributed by atoms with Crippen molar-refractivity contribution in [3.05, 3.63) is 53.1 Å².